The molecule has 0 saturated carbocycles. The largest absolute Gasteiger partial charge is 0.488 e. The summed E-state index contributed by atoms with van der Waals surface area (Å²) in [5.41, 5.74) is 1.70. The molecule has 2 aliphatic heterocycles. The second kappa shape index (κ2) is 7.26. The van der Waals surface area contributed by atoms with Gasteiger partial charge in [0.2, 0.25) is 0 Å². The summed E-state index contributed by atoms with van der Waals surface area (Å²) < 4.78 is 10.7. The summed E-state index contributed by atoms with van der Waals surface area (Å²) in [4.78, 5) is 33.0. The van der Waals surface area contributed by atoms with Crippen LogP contribution in [0.5, 0.6) is 5.75 Å². The Kier molecular flexibility index (Phi) is 4.66. The molecule has 140 valence electrons. The first kappa shape index (κ1) is 17.3. The normalized spacial score (nSPS) is 15.9. The van der Waals surface area contributed by atoms with E-state index in [4.69, 9.17) is 9.47 Å². The van der Waals surface area contributed by atoms with Crippen LogP contribution in [-0.2, 0) is 4.74 Å². The third kappa shape index (κ3) is 3.20. The number of amides is 1. The molecule has 1 fully saturated rings. The number of hydrogen-bond donors (Lipinski definition) is 0. The average Bonchev–Trinajstić information content (AvgIpc) is 3.26. The number of likely N-dealkylation sites (tertiary alicyclic amines) is 1. The average molecular weight is 367 g/mol. The number of anilines is 2. The molecular formula is C20H21N3O4. The van der Waals surface area contributed by atoms with Crippen LogP contribution in [0.4, 0.5) is 11.5 Å². The van der Waals surface area contributed by atoms with Gasteiger partial charge in [-0.1, -0.05) is 12.1 Å². The SMILES string of the molecule is COC(=O)c1ccccc1N1CCOc2cc(C(=O)N3CCCC3)cnc21. The second-order valence-corrected chi connectivity index (χ2v) is 6.55. The summed E-state index contributed by atoms with van der Waals surface area (Å²) in [6, 6.07) is 8.98. The molecule has 1 aromatic heterocycles. The molecule has 7 heteroatoms. The van der Waals surface area contributed by atoms with E-state index < -0.39 is 5.97 Å². The maximum Gasteiger partial charge on any atom is 0.339 e. The lowest BCUT2D eigenvalue weighted by molar-refractivity contribution is 0.0601. The Bertz CT molecular complexity index is 877. The lowest BCUT2D eigenvalue weighted by atomic mass is 10.1. The first-order valence-electron chi connectivity index (χ1n) is 9.06. The summed E-state index contributed by atoms with van der Waals surface area (Å²) in [5.74, 6) is 0.722. The van der Waals surface area contributed by atoms with E-state index in [0.717, 1.165) is 25.9 Å². The van der Waals surface area contributed by atoms with Gasteiger partial charge in [-0.25, -0.2) is 9.78 Å². The summed E-state index contributed by atoms with van der Waals surface area (Å²) in [6.07, 6.45) is 3.67. The summed E-state index contributed by atoms with van der Waals surface area (Å²) in [6.45, 7) is 2.56. The molecule has 2 aliphatic rings. The number of carbonyl (C=O) groups is 2. The van der Waals surface area contributed by atoms with Gasteiger partial charge in [0.25, 0.3) is 5.91 Å². The summed E-state index contributed by atoms with van der Waals surface area (Å²) >= 11 is 0. The van der Waals surface area contributed by atoms with Crippen molar-refractivity contribution < 1.29 is 19.1 Å². The molecule has 2 aromatic rings. The number of pyridine rings is 1. The molecule has 0 radical (unpaired) electrons. The number of ether oxygens (including phenoxy) is 2. The number of benzene rings is 1. The zero-order valence-corrected chi connectivity index (χ0v) is 15.2. The van der Waals surface area contributed by atoms with Crippen molar-refractivity contribution in [2.45, 2.75) is 12.8 Å². The predicted octanol–water partition coefficient (Wildman–Crippen LogP) is 2.63. The van der Waals surface area contributed by atoms with Crippen LogP contribution in [0.3, 0.4) is 0 Å². The molecule has 3 heterocycles. The smallest absolute Gasteiger partial charge is 0.339 e. The van der Waals surface area contributed by atoms with Crippen molar-refractivity contribution in [3.8, 4) is 5.75 Å². The maximum atomic E-state index is 12.6. The number of hydrogen-bond acceptors (Lipinski definition) is 6. The Morgan fingerprint density at radius 3 is 2.70 bits per heavy atom. The maximum absolute atomic E-state index is 12.6. The van der Waals surface area contributed by atoms with Gasteiger partial charge in [-0.3, -0.25) is 4.79 Å². The highest BCUT2D eigenvalue weighted by Gasteiger charge is 2.27. The van der Waals surface area contributed by atoms with Gasteiger partial charge >= 0.3 is 5.97 Å². The van der Waals surface area contributed by atoms with Gasteiger partial charge in [-0.2, -0.15) is 0 Å². The van der Waals surface area contributed by atoms with Crippen molar-refractivity contribution in [2.75, 3.05) is 38.3 Å². The Labute approximate surface area is 157 Å². The summed E-state index contributed by atoms with van der Waals surface area (Å²) in [7, 11) is 1.36. The van der Waals surface area contributed by atoms with Crippen LogP contribution in [-0.4, -0.2) is 55.1 Å². The number of fused-ring (bicyclic) bond motifs is 1. The fourth-order valence-corrected chi connectivity index (χ4v) is 3.54. The van der Waals surface area contributed by atoms with E-state index in [9.17, 15) is 9.59 Å². The third-order valence-corrected chi connectivity index (χ3v) is 4.90. The topological polar surface area (TPSA) is 72.0 Å². The van der Waals surface area contributed by atoms with Crippen LogP contribution in [0.2, 0.25) is 0 Å². The van der Waals surface area contributed by atoms with E-state index >= 15 is 0 Å². The van der Waals surface area contributed by atoms with Crippen LogP contribution in [0.15, 0.2) is 36.5 Å². The Balaban J connectivity index is 1.69. The number of methoxy groups -OCH3 is 1. The van der Waals surface area contributed by atoms with E-state index in [-0.39, 0.29) is 5.91 Å². The van der Waals surface area contributed by atoms with Gasteiger partial charge in [0, 0.05) is 19.3 Å². The van der Waals surface area contributed by atoms with Crippen LogP contribution < -0.4 is 9.64 Å². The van der Waals surface area contributed by atoms with Gasteiger partial charge < -0.3 is 19.3 Å². The van der Waals surface area contributed by atoms with Crippen LogP contribution in [0.1, 0.15) is 33.6 Å². The zero-order chi connectivity index (χ0) is 18.8. The molecule has 0 unspecified atom stereocenters. The van der Waals surface area contributed by atoms with E-state index in [0.29, 0.717) is 41.5 Å². The minimum atomic E-state index is -0.403. The first-order valence-corrected chi connectivity index (χ1v) is 9.06. The Morgan fingerprint density at radius 1 is 1.15 bits per heavy atom. The third-order valence-electron chi connectivity index (χ3n) is 4.90. The van der Waals surface area contributed by atoms with Crippen LogP contribution in [0, 0.1) is 0 Å². The van der Waals surface area contributed by atoms with E-state index in [2.05, 4.69) is 4.98 Å². The highest BCUT2D eigenvalue weighted by molar-refractivity contribution is 5.98. The fourth-order valence-electron chi connectivity index (χ4n) is 3.54. The fraction of sp³-hybridized carbons (Fsp3) is 0.350. The molecule has 0 N–H and O–H groups in total. The van der Waals surface area contributed by atoms with E-state index in [1.54, 1.807) is 24.4 Å². The lowest BCUT2D eigenvalue weighted by Crippen LogP contribution is -2.32. The lowest BCUT2D eigenvalue weighted by Gasteiger charge is -2.31. The number of esters is 1. The Morgan fingerprint density at radius 2 is 1.93 bits per heavy atom. The monoisotopic (exact) mass is 367 g/mol. The molecule has 0 atom stereocenters. The van der Waals surface area contributed by atoms with Crippen molar-refractivity contribution in [2.24, 2.45) is 0 Å². The molecule has 7 nitrogen and oxygen atoms in total. The van der Waals surface area contributed by atoms with Crippen molar-refractivity contribution in [3.05, 3.63) is 47.7 Å². The summed E-state index contributed by atoms with van der Waals surface area (Å²) in [5, 5.41) is 0. The molecular weight excluding hydrogens is 346 g/mol. The van der Waals surface area contributed by atoms with Gasteiger partial charge in [0.05, 0.1) is 30.5 Å². The van der Waals surface area contributed by atoms with Gasteiger partial charge in [0.15, 0.2) is 11.6 Å². The van der Waals surface area contributed by atoms with E-state index in [1.807, 2.05) is 21.9 Å². The quantitative estimate of drug-likeness (QED) is 0.777. The van der Waals surface area contributed by atoms with E-state index in [1.165, 1.54) is 7.11 Å². The first-order chi connectivity index (χ1) is 13.2. The van der Waals surface area contributed by atoms with Crippen molar-refractivity contribution in [3.63, 3.8) is 0 Å². The van der Waals surface area contributed by atoms with Gasteiger partial charge in [-0.15, -0.1) is 0 Å². The van der Waals surface area contributed by atoms with Crippen molar-refractivity contribution in [1.82, 2.24) is 9.88 Å². The van der Waals surface area contributed by atoms with Crippen molar-refractivity contribution >= 4 is 23.4 Å². The number of rotatable bonds is 3. The van der Waals surface area contributed by atoms with Crippen LogP contribution >= 0.6 is 0 Å². The molecule has 0 aliphatic carbocycles. The number of carbonyl (C=O) groups excluding carboxylic acids is 2. The highest BCUT2D eigenvalue weighted by atomic mass is 16.5. The minimum Gasteiger partial charge on any atom is -0.488 e. The number of aromatic nitrogens is 1. The molecule has 1 amide bonds. The van der Waals surface area contributed by atoms with Crippen LogP contribution in [0.25, 0.3) is 0 Å². The highest BCUT2D eigenvalue weighted by Crippen LogP contribution is 2.37. The Hall–Kier alpha value is -3.09. The van der Waals surface area contributed by atoms with Gasteiger partial charge in [0.1, 0.15) is 6.61 Å². The zero-order valence-electron chi connectivity index (χ0n) is 15.2. The number of para-hydroxylation sites is 1. The molecule has 27 heavy (non-hydrogen) atoms. The van der Waals surface area contributed by atoms with Crippen molar-refractivity contribution in [1.29, 1.82) is 0 Å². The molecule has 0 bridgehead atoms. The molecule has 4 rings (SSSR count). The number of nitrogens with zero attached hydrogens (tertiary/aromatic N) is 3. The standard InChI is InChI=1S/C20H21N3O4/c1-26-20(25)15-6-2-3-7-16(15)23-10-11-27-17-12-14(13-21-18(17)23)19(24)22-8-4-5-9-22/h2-3,6-7,12-13H,4-5,8-11H2,1H3. The minimum absolute atomic E-state index is 0.0153. The van der Waals surface area contributed by atoms with Gasteiger partial charge in [-0.05, 0) is 31.0 Å². The molecule has 1 aromatic carbocycles. The molecule has 1 saturated heterocycles. The molecule has 0 spiro atoms. The second-order valence-electron chi connectivity index (χ2n) is 6.55. The predicted molar refractivity (Wildman–Crippen MR) is 99.7 cm³/mol.